The zero-order valence-electron chi connectivity index (χ0n) is 8.78. The number of fused-ring (bicyclic) bond motifs is 1. The third-order valence-electron chi connectivity index (χ3n) is 2.36. The van der Waals surface area contributed by atoms with Crippen LogP contribution in [0.1, 0.15) is 5.69 Å². The number of hydrogen-bond donors (Lipinski definition) is 0. The van der Waals surface area contributed by atoms with Gasteiger partial charge >= 0.3 is 0 Å². The topological polar surface area (TPSA) is 16.1 Å². The smallest absolute Gasteiger partial charge is 0.0441 e. The largest absolute Gasteiger partial charge is 0.377 e. The number of nitrogens with zero attached hydrogens (tertiary/aromatic N) is 2. The number of benzene rings is 1. The fourth-order valence-corrected chi connectivity index (χ4v) is 1.65. The van der Waals surface area contributed by atoms with Gasteiger partial charge in [-0.1, -0.05) is 12.1 Å². The quantitative estimate of drug-likeness (QED) is 0.680. The molecule has 1 heterocycles. The van der Waals surface area contributed by atoms with E-state index in [0.29, 0.717) is 0 Å². The molecule has 0 radical (unpaired) electrons. The Morgan fingerprint density at radius 1 is 1.21 bits per heavy atom. The van der Waals surface area contributed by atoms with Gasteiger partial charge in [0.05, 0.1) is 0 Å². The van der Waals surface area contributed by atoms with Gasteiger partial charge < -0.3 is 4.90 Å². The average molecular weight is 186 g/mol. The highest BCUT2D eigenvalue weighted by molar-refractivity contribution is 5.93. The van der Waals surface area contributed by atoms with E-state index in [1.54, 1.807) is 0 Å². The molecule has 0 unspecified atom stereocenters. The zero-order chi connectivity index (χ0) is 10.1. The number of anilines is 1. The van der Waals surface area contributed by atoms with E-state index in [2.05, 4.69) is 48.2 Å². The van der Waals surface area contributed by atoms with Crippen molar-refractivity contribution in [3.05, 3.63) is 36.2 Å². The van der Waals surface area contributed by atoms with Crippen LogP contribution in [0.4, 0.5) is 5.69 Å². The van der Waals surface area contributed by atoms with E-state index in [4.69, 9.17) is 0 Å². The van der Waals surface area contributed by atoms with Crippen LogP contribution in [-0.4, -0.2) is 19.1 Å². The molecular weight excluding hydrogens is 172 g/mol. The highest BCUT2D eigenvalue weighted by Gasteiger charge is 2.02. The van der Waals surface area contributed by atoms with Crippen molar-refractivity contribution in [1.82, 2.24) is 4.98 Å². The predicted octanol–water partition coefficient (Wildman–Crippen LogP) is 2.61. The van der Waals surface area contributed by atoms with Crippen LogP contribution in [0, 0.1) is 6.92 Å². The lowest BCUT2D eigenvalue weighted by atomic mass is 10.1. The Morgan fingerprint density at radius 3 is 2.71 bits per heavy atom. The molecule has 0 aliphatic rings. The number of pyridine rings is 1. The van der Waals surface area contributed by atoms with E-state index >= 15 is 0 Å². The second-order valence-electron chi connectivity index (χ2n) is 3.72. The first-order valence-electron chi connectivity index (χ1n) is 4.71. The maximum Gasteiger partial charge on any atom is 0.0441 e. The van der Waals surface area contributed by atoms with Crippen LogP contribution in [0.5, 0.6) is 0 Å². The molecule has 0 N–H and O–H groups in total. The Balaban J connectivity index is 2.77. The molecule has 0 bridgehead atoms. The maximum absolute atomic E-state index is 4.29. The summed E-state index contributed by atoms with van der Waals surface area (Å²) in [6.07, 6.45) is 1.93. The number of aryl methyl sites for hydroxylation is 1. The molecule has 2 heteroatoms. The first kappa shape index (κ1) is 9.00. The molecule has 0 amide bonds. The zero-order valence-corrected chi connectivity index (χ0v) is 8.78. The van der Waals surface area contributed by atoms with E-state index in [-0.39, 0.29) is 0 Å². The van der Waals surface area contributed by atoms with E-state index < -0.39 is 0 Å². The van der Waals surface area contributed by atoms with E-state index in [1.807, 2.05) is 13.1 Å². The summed E-state index contributed by atoms with van der Waals surface area (Å²) in [4.78, 5) is 6.42. The van der Waals surface area contributed by atoms with Gasteiger partial charge in [-0.3, -0.25) is 4.98 Å². The lowest BCUT2D eigenvalue weighted by Gasteiger charge is -2.15. The normalized spacial score (nSPS) is 10.5. The summed E-state index contributed by atoms with van der Waals surface area (Å²) >= 11 is 0. The molecule has 14 heavy (non-hydrogen) atoms. The van der Waals surface area contributed by atoms with Crippen LogP contribution in [-0.2, 0) is 0 Å². The lowest BCUT2D eigenvalue weighted by Crippen LogP contribution is -2.08. The number of aromatic nitrogens is 1. The minimum atomic E-state index is 1.06. The molecule has 0 saturated heterocycles. The molecule has 0 spiro atoms. The second kappa shape index (κ2) is 3.29. The molecule has 0 aliphatic carbocycles. The van der Waals surface area contributed by atoms with Crippen LogP contribution >= 0.6 is 0 Å². The summed E-state index contributed by atoms with van der Waals surface area (Å²) in [5, 5.41) is 2.46. The van der Waals surface area contributed by atoms with Gasteiger partial charge in [0, 0.05) is 42.4 Å². The third kappa shape index (κ3) is 1.43. The maximum atomic E-state index is 4.29. The van der Waals surface area contributed by atoms with Gasteiger partial charge in [-0.05, 0) is 19.1 Å². The minimum absolute atomic E-state index is 1.06. The fourth-order valence-electron chi connectivity index (χ4n) is 1.65. The summed E-state index contributed by atoms with van der Waals surface area (Å²) in [5.74, 6) is 0. The summed E-state index contributed by atoms with van der Waals surface area (Å²) in [6.45, 7) is 2.02. The number of rotatable bonds is 1. The molecule has 0 atom stereocenters. The van der Waals surface area contributed by atoms with Crippen LogP contribution in [0.25, 0.3) is 10.8 Å². The summed E-state index contributed by atoms with van der Waals surface area (Å²) in [6, 6.07) is 8.41. The molecule has 0 fully saturated rings. The molecule has 0 aliphatic heterocycles. The first-order chi connectivity index (χ1) is 6.68. The minimum Gasteiger partial charge on any atom is -0.377 e. The summed E-state index contributed by atoms with van der Waals surface area (Å²) in [7, 11) is 4.12. The summed E-state index contributed by atoms with van der Waals surface area (Å²) < 4.78 is 0. The average Bonchev–Trinajstić information content (AvgIpc) is 2.16. The lowest BCUT2D eigenvalue weighted by molar-refractivity contribution is 1.14. The molecule has 72 valence electrons. The standard InChI is InChI=1S/C12H14N2/c1-9-7-11-10(8-13-9)5-4-6-12(11)14(2)3/h4-8H,1-3H3. The van der Waals surface area contributed by atoms with E-state index in [9.17, 15) is 0 Å². The third-order valence-corrected chi connectivity index (χ3v) is 2.36. The molecule has 2 rings (SSSR count). The van der Waals surface area contributed by atoms with Gasteiger partial charge in [0.2, 0.25) is 0 Å². The monoisotopic (exact) mass is 186 g/mol. The van der Waals surface area contributed by atoms with Crippen molar-refractivity contribution in [3.8, 4) is 0 Å². The second-order valence-corrected chi connectivity index (χ2v) is 3.72. The van der Waals surface area contributed by atoms with Crippen LogP contribution < -0.4 is 4.90 Å². The van der Waals surface area contributed by atoms with E-state index in [1.165, 1.54) is 16.5 Å². The van der Waals surface area contributed by atoms with Crippen molar-refractivity contribution in [3.63, 3.8) is 0 Å². The van der Waals surface area contributed by atoms with Gasteiger partial charge in [0.15, 0.2) is 0 Å². The van der Waals surface area contributed by atoms with Crippen molar-refractivity contribution in [2.75, 3.05) is 19.0 Å². The van der Waals surface area contributed by atoms with Crippen molar-refractivity contribution in [1.29, 1.82) is 0 Å². The SMILES string of the molecule is Cc1cc2c(N(C)C)cccc2cn1. The van der Waals surface area contributed by atoms with Crippen molar-refractivity contribution in [2.24, 2.45) is 0 Å². The van der Waals surface area contributed by atoms with Gasteiger partial charge in [-0.15, -0.1) is 0 Å². The Morgan fingerprint density at radius 2 is 2.00 bits per heavy atom. The molecule has 2 aromatic rings. The van der Waals surface area contributed by atoms with Crippen molar-refractivity contribution in [2.45, 2.75) is 6.92 Å². The Hall–Kier alpha value is -1.57. The van der Waals surface area contributed by atoms with Gasteiger partial charge in [0.25, 0.3) is 0 Å². The molecular formula is C12H14N2. The molecule has 1 aromatic heterocycles. The van der Waals surface area contributed by atoms with Crippen LogP contribution in [0.15, 0.2) is 30.5 Å². The van der Waals surface area contributed by atoms with Gasteiger partial charge in [0.1, 0.15) is 0 Å². The fraction of sp³-hybridized carbons (Fsp3) is 0.250. The van der Waals surface area contributed by atoms with Crippen LogP contribution in [0.2, 0.25) is 0 Å². The van der Waals surface area contributed by atoms with Gasteiger partial charge in [-0.2, -0.15) is 0 Å². The van der Waals surface area contributed by atoms with E-state index in [0.717, 1.165) is 5.69 Å². The van der Waals surface area contributed by atoms with Crippen LogP contribution in [0.3, 0.4) is 0 Å². The Kier molecular flexibility index (Phi) is 2.12. The molecule has 2 nitrogen and oxygen atoms in total. The highest BCUT2D eigenvalue weighted by atomic mass is 15.1. The first-order valence-corrected chi connectivity index (χ1v) is 4.71. The predicted molar refractivity (Wildman–Crippen MR) is 60.8 cm³/mol. The number of hydrogen-bond acceptors (Lipinski definition) is 2. The van der Waals surface area contributed by atoms with Crippen molar-refractivity contribution >= 4 is 16.5 Å². The van der Waals surface area contributed by atoms with Crippen molar-refractivity contribution < 1.29 is 0 Å². The Labute approximate surface area is 84.2 Å². The summed E-state index contributed by atoms with van der Waals surface area (Å²) in [5.41, 5.74) is 2.31. The van der Waals surface area contributed by atoms with Gasteiger partial charge in [-0.25, -0.2) is 0 Å². The Bertz CT molecular complexity index is 461. The molecule has 1 aromatic carbocycles. The highest BCUT2D eigenvalue weighted by Crippen LogP contribution is 2.24. The molecule has 0 saturated carbocycles.